The van der Waals surface area contributed by atoms with E-state index in [1.165, 1.54) is 66.2 Å². The first-order chi connectivity index (χ1) is 48.3. The number of primary amides is 1. The number of phenols is 1. The fraction of sp³-hybridized carbons (Fsp3) is 0.493. The summed E-state index contributed by atoms with van der Waals surface area (Å²) in [4.78, 5) is 165. The van der Waals surface area contributed by atoms with Crippen LogP contribution >= 0.6 is 23.1 Å². The Balaban J connectivity index is 1.11. The Hall–Kier alpha value is -9.55. The summed E-state index contributed by atoms with van der Waals surface area (Å²) >= 11 is 2.62. The highest BCUT2D eigenvalue weighted by molar-refractivity contribution is 7.99. The fourth-order valence-electron chi connectivity index (χ4n) is 11.9. The first kappa shape index (κ1) is 80.4. The number of H-pyrrole nitrogens is 1. The summed E-state index contributed by atoms with van der Waals surface area (Å²) in [6.45, 7) is 8.79. The molecule has 0 saturated heterocycles. The van der Waals surface area contributed by atoms with E-state index in [0.29, 0.717) is 50.5 Å². The second-order valence-corrected chi connectivity index (χ2v) is 27.4. The molecule has 0 unspecified atom stereocenters. The van der Waals surface area contributed by atoms with Gasteiger partial charge in [-0.05, 0) is 110 Å². The zero-order valence-electron chi connectivity index (χ0n) is 58.7. The quantitative estimate of drug-likeness (QED) is 0.00665. The third-order valence-corrected chi connectivity index (χ3v) is 20.0. The van der Waals surface area contributed by atoms with Crippen LogP contribution in [0.1, 0.15) is 102 Å². The third kappa shape index (κ3) is 23.8. The number of likely N-dealkylation sites (N-methyl/N-ethyl adjacent to an activating group) is 4. The van der Waals surface area contributed by atoms with Crippen molar-refractivity contribution in [2.45, 2.75) is 159 Å². The molecule has 28 nitrogen and oxygen atoms in total. The predicted octanol–water partition coefficient (Wildman–Crippen LogP) is 2.41. The van der Waals surface area contributed by atoms with Gasteiger partial charge in [0.1, 0.15) is 48.2 Å². The molecule has 2 heterocycles. The molecule has 30 heteroatoms. The number of nitrogens with one attached hydrogen (secondary N) is 8. The van der Waals surface area contributed by atoms with Crippen LogP contribution in [0.25, 0.3) is 21.0 Å². The molecule has 1 fully saturated rings. The lowest BCUT2D eigenvalue weighted by Gasteiger charge is -2.36. The molecule has 1 saturated carbocycles. The van der Waals surface area contributed by atoms with Crippen LogP contribution in [0, 0.1) is 5.92 Å². The van der Waals surface area contributed by atoms with Gasteiger partial charge in [-0.25, -0.2) is 0 Å². The molecule has 11 amide bonds. The lowest BCUT2D eigenvalue weighted by molar-refractivity contribution is -0.149. The highest BCUT2D eigenvalue weighted by atomic mass is 32.2. The van der Waals surface area contributed by atoms with E-state index in [0.717, 1.165) is 48.8 Å². The van der Waals surface area contributed by atoms with Crippen LogP contribution in [-0.2, 0) is 72.0 Å². The van der Waals surface area contributed by atoms with Crippen LogP contribution < -0.4 is 54.4 Å². The summed E-state index contributed by atoms with van der Waals surface area (Å²) in [7, 11) is 6.03. The Morgan fingerprint density at radius 1 is 0.703 bits per heavy atom. The van der Waals surface area contributed by atoms with Crippen LogP contribution in [-0.4, -0.2) is 215 Å². The number of aliphatic imine (C=N–C) groups is 1. The minimum Gasteiger partial charge on any atom is -0.508 e. The summed E-state index contributed by atoms with van der Waals surface area (Å²) < 4.78 is 0.971. The molecule has 1 aliphatic rings. The molecule has 0 spiro atoms. The van der Waals surface area contributed by atoms with Crippen molar-refractivity contribution >= 4 is 116 Å². The summed E-state index contributed by atoms with van der Waals surface area (Å²) in [5, 5.41) is 33.6. The van der Waals surface area contributed by atoms with Gasteiger partial charge >= 0.3 is 0 Å². The third-order valence-electron chi connectivity index (χ3n) is 18.0. The highest BCUT2D eigenvalue weighted by Crippen LogP contribution is 2.37. The van der Waals surface area contributed by atoms with Crippen LogP contribution in [0.5, 0.6) is 5.75 Å². The van der Waals surface area contributed by atoms with Gasteiger partial charge in [0.15, 0.2) is 5.96 Å². The van der Waals surface area contributed by atoms with Gasteiger partial charge in [0.2, 0.25) is 65.5 Å². The number of thioether (sulfide) groups is 1. The molecule has 1 aliphatic carbocycles. The highest BCUT2D eigenvalue weighted by Gasteiger charge is 2.44. The zero-order chi connectivity index (χ0) is 73.9. The number of hydrogen-bond donors (Lipinski definition) is 12. The number of carbonyl (C=O) groups is 11. The van der Waals surface area contributed by atoms with Gasteiger partial charge in [-0.1, -0.05) is 94.1 Å². The first-order valence-corrected chi connectivity index (χ1v) is 36.1. The van der Waals surface area contributed by atoms with Crippen molar-refractivity contribution in [2.75, 3.05) is 59.3 Å². The maximum atomic E-state index is 15.1. The maximum Gasteiger partial charge on any atom is 0.245 e. The minimum absolute atomic E-state index is 0.0225. The van der Waals surface area contributed by atoms with E-state index in [1.54, 1.807) is 25.3 Å². The lowest BCUT2D eigenvalue weighted by atomic mass is 10.00. The average Bonchev–Trinajstić information content (AvgIpc) is 1.71. The number of para-hydroxylation sites is 1. The van der Waals surface area contributed by atoms with E-state index in [1.807, 2.05) is 74.0 Å². The van der Waals surface area contributed by atoms with Gasteiger partial charge in [-0.15, -0.1) is 17.9 Å². The number of benzene rings is 3. The molecule has 0 bridgehead atoms. The molecule has 0 radical (unpaired) electrons. The number of rotatable bonds is 44. The Morgan fingerprint density at radius 2 is 1.33 bits per heavy atom. The summed E-state index contributed by atoms with van der Waals surface area (Å²) in [5.74, 6) is -6.27. The largest absolute Gasteiger partial charge is 0.508 e. The molecule has 3 aromatic carbocycles. The van der Waals surface area contributed by atoms with Crippen molar-refractivity contribution in [3.8, 4) is 5.75 Å². The number of aromatic amines is 1. The molecule has 6 rings (SSSR count). The van der Waals surface area contributed by atoms with E-state index in [9.17, 15) is 48.3 Å². The van der Waals surface area contributed by atoms with Gasteiger partial charge < -0.3 is 84.1 Å². The molecule has 548 valence electrons. The number of amides is 11. The molecule has 0 aliphatic heterocycles. The molecule has 2 aromatic heterocycles. The number of nitrogens with two attached hydrogens (primary N) is 3. The van der Waals surface area contributed by atoms with Crippen LogP contribution in [0.2, 0.25) is 0 Å². The molecule has 10 atom stereocenters. The predicted molar refractivity (Wildman–Crippen MR) is 391 cm³/mol. The Bertz CT molecular complexity index is 3690. The monoisotopic (exact) mass is 1430 g/mol. The van der Waals surface area contributed by atoms with E-state index < -0.39 is 114 Å². The molecular formula is C71H100N16O12S2. The van der Waals surface area contributed by atoms with Crippen molar-refractivity contribution in [3.63, 3.8) is 0 Å². The number of aromatic nitrogens is 1. The van der Waals surface area contributed by atoms with Crippen molar-refractivity contribution in [1.29, 1.82) is 0 Å². The average molecular weight is 1430 g/mol. The zero-order valence-corrected chi connectivity index (χ0v) is 60.3. The number of guanidine groups is 1. The SMILES string of the molecule is C=C[C@H]1C[C@@H]1N(C=O)[C@H](CC(N)=O)NC(=O)[C@H](C)N(C)C(=O)[C@H](Cc1ccc(O)cc1)NC(=O)CSCCNC(=O)[C@H](CCCN=C(N)N)NC(=O)[C@H](CCCC)N(C)C(=O)[C@H](CCCC)N(C)C(=O)[C@H](Cc1csc2ccccc12)NC(=O)CNC(=O)[C@H](Cc1c[nH]c2ccccc12)NC. The van der Waals surface area contributed by atoms with E-state index in [4.69, 9.17) is 17.2 Å². The number of phenolic OH excluding ortho intramolecular Hbond substituents is 1. The first-order valence-electron chi connectivity index (χ1n) is 34.1. The summed E-state index contributed by atoms with van der Waals surface area (Å²) in [6, 6.07) is 13.5. The second-order valence-electron chi connectivity index (χ2n) is 25.3. The fourth-order valence-corrected chi connectivity index (χ4v) is 13.6. The maximum absolute atomic E-state index is 15.1. The van der Waals surface area contributed by atoms with Gasteiger partial charge in [-0.2, -0.15) is 11.8 Å². The van der Waals surface area contributed by atoms with Crippen molar-refractivity contribution in [3.05, 3.63) is 114 Å². The second kappa shape index (κ2) is 40.0. The number of fused-ring (bicyclic) bond motifs is 2. The number of carbonyl (C=O) groups excluding carboxylic acids is 11. The van der Waals surface area contributed by atoms with Crippen molar-refractivity contribution < 1.29 is 57.8 Å². The Kier molecular flexibility index (Phi) is 31.9. The molecule has 101 heavy (non-hydrogen) atoms. The van der Waals surface area contributed by atoms with Gasteiger partial charge in [-0.3, -0.25) is 57.7 Å². The van der Waals surface area contributed by atoms with Gasteiger partial charge in [0, 0.05) is 80.7 Å². The molecule has 5 aromatic rings. The number of thiophene rings is 1. The van der Waals surface area contributed by atoms with E-state index in [2.05, 4.69) is 53.8 Å². The Morgan fingerprint density at radius 3 is 1.98 bits per heavy atom. The summed E-state index contributed by atoms with van der Waals surface area (Å²) in [5.41, 5.74) is 19.9. The minimum atomic E-state index is -1.21. The Labute approximate surface area is 597 Å². The van der Waals surface area contributed by atoms with E-state index in [-0.39, 0.29) is 93.2 Å². The van der Waals surface area contributed by atoms with Gasteiger partial charge in [0.05, 0.1) is 24.8 Å². The van der Waals surface area contributed by atoms with Crippen LogP contribution in [0.15, 0.2) is 102 Å². The van der Waals surface area contributed by atoms with Gasteiger partial charge in [0.25, 0.3) is 0 Å². The number of hydrogen-bond acceptors (Lipinski definition) is 16. The van der Waals surface area contributed by atoms with Crippen LogP contribution in [0.3, 0.4) is 0 Å². The number of unbranched alkanes of at least 4 members (excludes halogenated alkanes) is 2. The number of aromatic hydroxyl groups is 1. The lowest BCUT2D eigenvalue weighted by Crippen LogP contribution is -2.59. The van der Waals surface area contributed by atoms with Crippen LogP contribution in [0.4, 0.5) is 0 Å². The van der Waals surface area contributed by atoms with Crippen molar-refractivity contribution in [2.24, 2.45) is 28.1 Å². The summed E-state index contributed by atoms with van der Waals surface area (Å²) in [6.07, 6.45) is 6.55. The normalized spacial score (nSPS) is 15.5. The topological polar surface area (TPSA) is 411 Å². The number of nitrogens with zero attached hydrogens (tertiary/aromatic N) is 5. The standard InChI is InChI=1S/C71H100N16O12S2/c1-9-12-23-56(85(7)70(99)57(24-13-10-2)86(8)69(98)55(35-47-40-101-59-25-17-15-20-50(47)59)80-62(91)39-79-66(95)53(75-5)34-46-38-78-51-21-16-14-19-49(46)51)67(96)82-52(22-18-30-77-71(73)74)65(94)76-31-32-100-41-63(92)81-54(33-44-26-28-48(89)29-27-44)68(97)84(6)43(4)64(93)83-61(37-60(72)90)87(42-88)58-36-45(58)11-3/h11,14-17,19-21,25-29,38,40,42-43,45,52-58,61,75,78,89H,3,9-10,12-13,18,22-24,30-37,39,41H2,1-2,4-8H3,(H2,72,90)(H,76,94)(H,79,95)(H,80,91)(H,81,92)(H,82,96)(H,83,93)(H4,73,74,77)/t43-,45-,52-,53-,54-,55-,56-,57-,58-,61+/m0/s1. The molecule has 15 N–H and O–H groups in total. The van der Waals surface area contributed by atoms with E-state index >= 15 is 9.59 Å². The van der Waals surface area contributed by atoms with Crippen molar-refractivity contribution in [1.82, 2.24) is 61.8 Å². The molecular weight excluding hydrogens is 1330 g/mol. The smallest absolute Gasteiger partial charge is 0.245 e.